The molecule has 144 valence electrons. The van der Waals surface area contributed by atoms with Gasteiger partial charge in [-0.15, -0.1) is 24.0 Å². The van der Waals surface area contributed by atoms with E-state index in [1.54, 1.807) is 7.05 Å². The first-order valence-corrected chi connectivity index (χ1v) is 9.28. The lowest BCUT2D eigenvalue weighted by molar-refractivity contribution is 0.147. The van der Waals surface area contributed by atoms with Crippen molar-refractivity contribution in [2.24, 2.45) is 4.99 Å². The van der Waals surface area contributed by atoms with Gasteiger partial charge in [-0.25, -0.2) is 0 Å². The van der Waals surface area contributed by atoms with Gasteiger partial charge in [0.25, 0.3) is 0 Å². The molecule has 0 radical (unpaired) electrons. The van der Waals surface area contributed by atoms with Gasteiger partial charge in [-0.2, -0.15) is 0 Å². The molecule has 2 heterocycles. The second-order valence-electron chi connectivity index (χ2n) is 6.82. The molecule has 1 fully saturated rings. The van der Waals surface area contributed by atoms with Crippen LogP contribution in [0.25, 0.3) is 0 Å². The lowest BCUT2D eigenvalue weighted by Crippen LogP contribution is -2.45. The van der Waals surface area contributed by atoms with Crippen LogP contribution in [-0.4, -0.2) is 48.7 Å². The highest BCUT2D eigenvalue weighted by Crippen LogP contribution is 2.18. The summed E-state index contributed by atoms with van der Waals surface area (Å²) in [5.74, 6) is 2.03. The van der Waals surface area contributed by atoms with Crippen molar-refractivity contribution in [3.05, 3.63) is 17.5 Å². The Morgan fingerprint density at radius 2 is 2.20 bits per heavy atom. The van der Waals surface area contributed by atoms with Gasteiger partial charge in [0.15, 0.2) is 11.7 Å². The van der Waals surface area contributed by atoms with Crippen molar-refractivity contribution in [2.45, 2.75) is 65.0 Å². The molecule has 1 aliphatic rings. The average Bonchev–Trinajstić information content (AvgIpc) is 3.07. The van der Waals surface area contributed by atoms with E-state index in [2.05, 4.69) is 46.5 Å². The molecule has 2 rings (SSSR count). The molecule has 6 nitrogen and oxygen atoms in total. The molecular formula is C18H34IN5O. The Morgan fingerprint density at radius 3 is 2.84 bits per heavy atom. The van der Waals surface area contributed by atoms with Gasteiger partial charge >= 0.3 is 0 Å². The van der Waals surface area contributed by atoms with Crippen LogP contribution in [-0.2, 0) is 6.54 Å². The number of likely N-dealkylation sites (tertiary alicyclic amines) is 1. The summed E-state index contributed by atoms with van der Waals surface area (Å²) in [5, 5.41) is 10.8. The third kappa shape index (κ3) is 7.13. The van der Waals surface area contributed by atoms with Crippen molar-refractivity contribution in [1.29, 1.82) is 0 Å². The number of halogens is 1. The molecule has 0 bridgehead atoms. The Labute approximate surface area is 169 Å². The number of hydrogen-bond donors (Lipinski definition) is 2. The minimum absolute atomic E-state index is 0. The molecule has 1 saturated heterocycles. The van der Waals surface area contributed by atoms with Crippen LogP contribution in [0.1, 0.15) is 63.8 Å². The first kappa shape index (κ1) is 22.2. The molecule has 0 saturated carbocycles. The van der Waals surface area contributed by atoms with E-state index in [0.29, 0.717) is 12.5 Å². The molecule has 1 aliphatic heterocycles. The largest absolute Gasteiger partial charge is 0.359 e. The van der Waals surface area contributed by atoms with E-state index < -0.39 is 0 Å². The van der Waals surface area contributed by atoms with Crippen molar-refractivity contribution in [1.82, 2.24) is 20.7 Å². The van der Waals surface area contributed by atoms with Gasteiger partial charge in [0.1, 0.15) is 0 Å². The first-order valence-electron chi connectivity index (χ1n) is 9.28. The lowest BCUT2D eigenvalue weighted by atomic mass is 10.0. The zero-order chi connectivity index (χ0) is 17.4. The monoisotopic (exact) mass is 463 g/mol. The zero-order valence-corrected chi connectivity index (χ0v) is 18.4. The third-order valence-electron chi connectivity index (χ3n) is 4.73. The van der Waals surface area contributed by atoms with Crippen LogP contribution in [0.4, 0.5) is 0 Å². The van der Waals surface area contributed by atoms with Crippen molar-refractivity contribution in [3.8, 4) is 0 Å². The van der Waals surface area contributed by atoms with E-state index in [0.717, 1.165) is 36.5 Å². The fourth-order valence-electron chi connectivity index (χ4n) is 3.21. The van der Waals surface area contributed by atoms with E-state index in [4.69, 9.17) is 4.52 Å². The number of nitrogens with one attached hydrogen (secondary N) is 2. The maximum absolute atomic E-state index is 5.35. The maximum Gasteiger partial charge on any atom is 0.191 e. The number of hydrogen-bond acceptors (Lipinski definition) is 4. The number of guanidine groups is 1. The Balaban J connectivity index is 0.00000312. The van der Waals surface area contributed by atoms with E-state index in [9.17, 15) is 0 Å². The van der Waals surface area contributed by atoms with Crippen LogP contribution in [0.2, 0.25) is 0 Å². The van der Waals surface area contributed by atoms with Crippen LogP contribution in [0.5, 0.6) is 0 Å². The summed E-state index contributed by atoms with van der Waals surface area (Å²) in [6, 6.07) is 2.75. The normalized spacial score (nSPS) is 18.9. The third-order valence-corrected chi connectivity index (χ3v) is 4.73. The summed E-state index contributed by atoms with van der Waals surface area (Å²) < 4.78 is 5.35. The molecular weight excluding hydrogens is 429 g/mol. The number of rotatable bonds is 7. The summed E-state index contributed by atoms with van der Waals surface area (Å²) >= 11 is 0. The summed E-state index contributed by atoms with van der Waals surface area (Å²) in [7, 11) is 1.80. The maximum atomic E-state index is 5.35. The Hall–Kier alpha value is -0.830. The predicted molar refractivity (Wildman–Crippen MR) is 114 cm³/mol. The second-order valence-corrected chi connectivity index (χ2v) is 6.82. The van der Waals surface area contributed by atoms with Crippen LogP contribution < -0.4 is 10.6 Å². The topological polar surface area (TPSA) is 65.7 Å². The van der Waals surface area contributed by atoms with Gasteiger partial charge in [-0.1, -0.05) is 32.3 Å². The van der Waals surface area contributed by atoms with Gasteiger partial charge in [0.05, 0.1) is 12.2 Å². The van der Waals surface area contributed by atoms with E-state index in [1.807, 2.05) is 6.07 Å². The number of nitrogens with zero attached hydrogens (tertiary/aromatic N) is 3. The molecule has 0 amide bonds. The molecule has 7 heteroatoms. The zero-order valence-electron chi connectivity index (χ0n) is 16.0. The number of piperidine rings is 1. The Kier molecular flexibility index (Phi) is 10.4. The Bertz CT molecular complexity index is 517. The van der Waals surface area contributed by atoms with E-state index in [1.165, 1.54) is 32.2 Å². The predicted octanol–water partition coefficient (Wildman–Crippen LogP) is 3.35. The van der Waals surface area contributed by atoms with Crippen LogP contribution in [0, 0.1) is 0 Å². The smallest absolute Gasteiger partial charge is 0.191 e. The second kappa shape index (κ2) is 11.7. The molecule has 0 spiro atoms. The van der Waals surface area contributed by atoms with Gasteiger partial charge in [-0.05, 0) is 31.7 Å². The lowest BCUT2D eigenvalue weighted by Gasteiger charge is -2.35. The molecule has 1 unspecified atom stereocenters. The SMILES string of the molecule is CCC1CCCCN1CCNC(=NC)NCc1cc(C(C)C)no1.I. The van der Waals surface area contributed by atoms with Crippen molar-refractivity contribution in [3.63, 3.8) is 0 Å². The number of aliphatic imine (C=N–C) groups is 1. The molecule has 0 aromatic carbocycles. The highest BCUT2D eigenvalue weighted by atomic mass is 127. The first-order chi connectivity index (χ1) is 11.6. The van der Waals surface area contributed by atoms with Crippen LogP contribution in [0.3, 0.4) is 0 Å². The minimum atomic E-state index is 0. The van der Waals surface area contributed by atoms with Crippen molar-refractivity contribution >= 4 is 29.9 Å². The van der Waals surface area contributed by atoms with Gasteiger partial charge < -0.3 is 15.2 Å². The average molecular weight is 463 g/mol. The molecule has 1 aromatic rings. The summed E-state index contributed by atoms with van der Waals surface area (Å²) in [5.41, 5.74) is 0.991. The van der Waals surface area contributed by atoms with Gasteiger partial charge in [0.2, 0.25) is 0 Å². The summed E-state index contributed by atoms with van der Waals surface area (Å²) in [4.78, 5) is 6.89. The van der Waals surface area contributed by atoms with Crippen molar-refractivity contribution in [2.75, 3.05) is 26.7 Å². The van der Waals surface area contributed by atoms with E-state index in [-0.39, 0.29) is 24.0 Å². The molecule has 0 aliphatic carbocycles. The summed E-state index contributed by atoms with van der Waals surface area (Å²) in [6.45, 7) is 10.3. The van der Waals surface area contributed by atoms with Crippen LogP contribution in [0.15, 0.2) is 15.6 Å². The quantitative estimate of drug-likeness (QED) is 0.369. The highest BCUT2D eigenvalue weighted by Gasteiger charge is 2.20. The van der Waals surface area contributed by atoms with E-state index >= 15 is 0 Å². The number of aromatic nitrogens is 1. The van der Waals surface area contributed by atoms with Gasteiger partial charge in [-0.3, -0.25) is 9.89 Å². The molecule has 1 atom stereocenters. The highest BCUT2D eigenvalue weighted by molar-refractivity contribution is 14.0. The van der Waals surface area contributed by atoms with Crippen LogP contribution >= 0.6 is 24.0 Å². The molecule has 1 aromatic heterocycles. The molecule has 2 N–H and O–H groups in total. The fourth-order valence-corrected chi connectivity index (χ4v) is 3.21. The standard InChI is InChI=1S/C18H33N5O.HI/c1-5-15-8-6-7-10-23(15)11-9-20-18(19-4)21-13-16-12-17(14(2)3)22-24-16;/h12,14-15H,5-11,13H2,1-4H3,(H2,19,20,21);1H. The van der Waals surface area contributed by atoms with Gasteiger partial charge in [0, 0.05) is 32.2 Å². The summed E-state index contributed by atoms with van der Waals surface area (Å²) in [6.07, 6.45) is 5.29. The Morgan fingerprint density at radius 1 is 1.40 bits per heavy atom. The fraction of sp³-hybridized carbons (Fsp3) is 0.778. The molecule has 25 heavy (non-hydrogen) atoms. The van der Waals surface area contributed by atoms with Crippen molar-refractivity contribution < 1.29 is 4.52 Å². The minimum Gasteiger partial charge on any atom is -0.359 e.